The monoisotopic (exact) mass is 442 g/mol. The molecule has 10 nitrogen and oxygen atoms in total. The van der Waals surface area contributed by atoms with E-state index in [9.17, 15) is 19.7 Å². The number of anilines is 2. The molecule has 1 aliphatic heterocycles. The molecule has 0 saturated carbocycles. The molecule has 0 bridgehead atoms. The van der Waals surface area contributed by atoms with Gasteiger partial charge in [0.2, 0.25) is 0 Å². The molecule has 0 aliphatic carbocycles. The molecule has 0 spiro atoms. The standard InChI is InChI=1S/C22H26N4O6/c1-3-24-10-12-25(13-11-24)20-9-4-16(22(28)31-2)14-19(20)23-21(27)15-32-18-7-5-17(6-8-18)26(29)30/h4-9,14H,3,10-13,15H2,1-2H3,(H,23,27). The molecule has 32 heavy (non-hydrogen) atoms. The highest BCUT2D eigenvalue weighted by molar-refractivity contribution is 5.98. The minimum absolute atomic E-state index is 0.0609. The third kappa shape index (κ3) is 5.73. The van der Waals surface area contributed by atoms with E-state index in [1.165, 1.54) is 31.4 Å². The Bertz CT molecular complexity index is 971. The molecule has 2 aromatic carbocycles. The summed E-state index contributed by atoms with van der Waals surface area (Å²) in [6.45, 7) is 6.23. The summed E-state index contributed by atoms with van der Waals surface area (Å²) in [5.41, 5.74) is 1.58. The van der Waals surface area contributed by atoms with Gasteiger partial charge < -0.3 is 24.6 Å². The van der Waals surface area contributed by atoms with Crippen LogP contribution >= 0.6 is 0 Å². The first-order valence-electron chi connectivity index (χ1n) is 10.3. The minimum atomic E-state index is -0.507. The maximum absolute atomic E-state index is 12.6. The number of esters is 1. The Morgan fingerprint density at radius 1 is 1.09 bits per heavy atom. The second kappa shape index (κ2) is 10.6. The van der Waals surface area contributed by atoms with Gasteiger partial charge in [-0.25, -0.2) is 4.79 Å². The Labute approximate surface area is 185 Å². The summed E-state index contributed by atoms with van der Waals surface area (Å²) in [5.74, 6) is -0.575. The topological polar surface area (TPSA) is 114 Å². The van der Waals surface area contributed by atoms with Gasteiger partial charge in [0.1, 0.15) is 5.75 Å². The first-order chi connectivity index (χ1) is 15.4. The highest BCUT2D eigenvalue weighted by Gasteiger charge is 2.21. The average Bonchev–Trinajstić information content (AvgIpc) is 2.82. The number of hydrogen-bond donors (Lipinski definition) is 1. The Morgan fingerprint density at radius 3 is 2.38 bits per heavy atom. The van der Waals surface area contributed by atoms with Crippen LogP contribution in [0.15, 0.2) is 42.5 Å². The Balaban J connectivity index is 1.71. The average molecular weight is 442 g/mol. The van der Waals surface area contributed by atoms with Gasteiger partial charge in [0.05, 0.1) is 29.0 Å². The highest BCUT2D eigenvalue weighted by atomic mass is 16.6. The summed E-state index contributed by atoms with van der Waals surface area (Å²) in [6, 6.07) is 10.6. The van der Waals surface area contributed by atoms with E-state index in [1.54, 1.807) is 18.2 Å². The second-order valence-electron chi connectivity index (χ2n) is 7.23. The molecule has 0 unspecified atom stereocenters. The summed E-state index contributed by atoms with van der Waals surface area (Å²) in [6.07, 6.45) is 0. The van der Waals surface area contributed by atoms with Gasteiger partial charge in [0.25, 0.3) is 11.6 Å². The highest BCUT2D eigenvalue weighted by Crippen LogP contribution is 2.29. The normalized spacial score (nSPS) is 14.0. The molecule has 1 aliphatic rings. The van der Waals surface area contributed by atoms with E-state index in [0.29, 0.717) is 17.0 Å². The SMILES string of the molecule is CCN1CCN(c2ccc(C(=O)OC)cc2NC(=O)COc2ccc([N+](=O)[O-])cc2)CC1. The predicted molar refractivity (Wildman–Crippen MR) is 119 cm³/mol. The summed E-state index contributed by atoms with van der Waals surface area (Å²) in [4.78, 5) is 39.3. The molecule has 0 radical (unpaired) electrons. The predicted octanol–water partition coefficient (Wildman–Crippen LogP) is 2.54. The van der Waals surface area contributed by atoms with Crippen molar-refractivity contribution in [3.8, 4) is 5.75 Å². The van der Waals surface area contributed by atoms with Crippen LogP contribution in [0.1, 0.15) is 17.3 Å². The molecule has 10 heteroatoms. The van der Waals surface area contributed by atoms with Crippen molar-refractivity contribution >= 4 is 28.9 Å². The fourth-order valence-corrected chi connectivity index (χ4v) is 3.46. The van der Waals surface area contributed by atoms with Crippen LogP contribution in [-0.4, -0.2) is 68.1 Å². The maximum Gasteiger partial charge on any atom is 0.337 e. The van der Waals surface area contributed by atoms with Gasteiger partial charge in [-0.2, -0.15) is 0 Å². The molecule has 2 aromatic rings. The number of carbonyl (C=O) groups excluding carboxylic acids is 2. The summed E-state index contributed by atoms with van der Waals surface area (Å²) in [5, 5.41) is 13.6. The number of nitrogens with one attached hydrogen (secondary N) is 1. The van der Waals surface area contributed by atoms with Crippen LogP contribution in [0.4, 0.5) is 17.1 Å². The van der Waals surface area contributed by atoms with E-state index in [2.05, 4.69) is 22.0 Å². The molecule has 170 valence electrons. The van der Waals surface area contributed by atoms with E-state index in [1.807, 2.05) is 0 Å². The number of amides is 1. The van der Waals surface area contributed by atoms with Crippen molar-refractivity contribution in [2.45, 2.75) is 6.92 Å². The van der Waals surface area contributed by atoms with Crippen LogP contribution in [-0.2, 0) is 9.53 Å². The van der Waals surface area contributed by atoms with Crippen molar-refractivity contribution in [3.63, 3.8) is 0 Å². The molecule has 1 saturated heterocycles. The quantitative estimate of drug-likeness (QED) is 0.377. The molecule has 1 amide bonds. The van der Waals surface area contributed by atoms with E-state index in [4.69, 9.17) is 9.47 Å². The Morgan fingerprint density at radius 2 is 1.78 bits per heavy atom. The lowest BCUT2D eigenvalue weighted by Crippen LogP contribution is -2.46. The number of nitro groups is 1. The Hall–Kier alpha value is -3.66. The van der Waals surface area contributed by atoms with E-state index in [-0.39, 0.29) is 12.3 Å². The summed E-state index contributed by atoms with van der Waals surface area (Å²) in [7, 11) is 1.30. The van der Waals surface area contributed by atoms with Crippen LogP contribution in [0, 0.1) is 10.1 Å². The molecular formula is C22H26N4O6. The van der Waals surface area contributed by atoms with Crippen molar-refractivity contribution in [3.05, 3.63) is 58.1 Å². The second-order valence-corrected chi connectivity index (χ2v) is 7.23. The third-order valence-electron chi connectivity index (χ3n) is 5.27. The molecule has 1 heterocycles. The zero-order valence-electron chi connectivity index (χ0n) is 18.1. The molecule has 1 fully saturated rings. The van der Waals surface area contributed by atoms with Crippen molar-refractivity contribution in [2.75, 3.05) is 56.7 Å². The zero-order chi connectivity index (χ0) is 23.1. The molecule has 1 N–H and O–H groups in total. The summed E-state index contributed by atoms with van der Waals surface area (Å²) >= 11 is 0. The van der Waals surface area contributed by atoms with Gasteiger partial charge in [-0.3, -0.25) is 14.9 Å². The van der Waals surface area contributed by atoms with Gasteiger partial charge in [0, 0.05) is 38.3 Å². The number of non-ortho nitro benzene ring substituents is 1. The van der Waals surface area contributed by atoms with Gasteiger partial charge >= 0.3 is 5.97 Å². The van der Waals surface area contributed by atoms with Crippen LogP contribution in [0.5, 0.6) is 5.75 Å². The van der Waals surface area contributed by atoms with Gasteiger partial charge in [-0.05, 0) is 36.9 Å². The molecule has 3 rings (SSSR count). The number of piperazine rings is 1. The lowest BCUT2D eigenvalue weighted by atomic mass is 10.1. The van der Waals surface area contributed by atoms with Crippen LogP contribution in [0.3, 0.4) is 0 Å². The summed E-state index contributed by atoms with van der Waals surface area (Å²) < 4.78 is 10.2. The Kier molecular flexibility index (Phi) is 7.61. The number of methoxy groups -OCH3 is 1. The van der Waals surface area contributed by atoms with E-state index >= 15 is 0 Å². The van der Waals surface area contributed by atoms with Crippen LogP contribution < -0.4 is 15.0 Å². The van der Waals surface area contributed by atoms with E-state index < -0.39 is 16.8 Å². The lowest BCUT2D eigenvalue weighted by molar-refractivity contribution is -0.384. The van der Waals surface area contributed by atoms with E-state index in [0.717, 1.165) is 38.4 Å². The lowest BCUT2D eigenvalue weighted by Gasteiger charge is -2.36. The minimum Gasteiger partial charge on any atom is -0.484 e. The zero-order valence-corrected chi connectivity index (χ0v) is 18.1. The number of ether oxygens (including phenoxy) is 2. The van der Waals surface area contributed by atoms with Gasteiger partial charge in [-0.15, -0.1) is 0 Å². The largest absolute Gasteiger partial charge is 0.484 e. The fraction of sp³-hybridized carbons (Fsp3) is 0.364. The van der Waals surface area contributed by atoms with Gasteiger partial charge in [0.15, 0.2) is 6.61 Å². The number of rotatable bonds is 8. The fourth-order valence-electron chi connectivity index (χ4n) is 3.46. The number of nitro benzene ring substituents is 1. The van der Waals surface area contributed by atoms with Crippen molar-refractivity contribution in [1.82, 2.24) is 4.90 Å². The smallest absolute Gasteiger partial charge is 0.337 e. The van der Waals surface area contributed by atoms with Gasteiger partial charge in [-0.1, -0.05) is 6.92 Å². The van der Waals surface area contributed by atoms with Crippen molar-refractivity contribution in [1.29, 1.82) is 0 Å². The van der Waals surface area contributed by atoms with Crippen molar-refractivity contribution < 1.29 is 24.0 Å². The maximum atomic E-state index is 12.6. The number of hydrogen-bond acceptors (Lipinski definition) is 8. The number of benzene rings is 2. The van der Waals surface area contributed by atoms with Crippen molar-refractivity contribution in [2.24, 2.45) is 0 Å². The number of carbonyl (C=O) groups is 2. The molecule has 0 atom stereocenters. The first kappa shape index (κ1) is 23.0. The number of nitrogens with zero attached hydrogens (tertiary/aromatic N) is 3. The number of likely N-dealkylation sites (N-methyl/N-ethyl adjacent to an activating group) is 1. The molecular weight excluding hydrogens is 416 g/mol. The third-order valence-corrected chi connectivity index (χ3v) is 5.27. The van der Waals surface area contributed by atoms with Crippen LogP contribution in [0.2, 0.25) is 0 Å². The van der Waals surface area contributed by atoms with Crippen LogP contribution in [0.25, 0.3) is 0 Å². The molecule has 0 aromatic heterocycles. The first-order valence-corrected chi connectivity index (χ1v) is 10.3.